The summed E-state index contributed by atoms with van der Waals surface area (Å²) in [6.07, 6.45) is -0.574. The van der Waals surface area contributed by atoms with E-state index in [1.165, 1.54) is 36.3 Å². The van der Waals surface area contributed by atoms with Gasteiger partial charge in [-0.25, -0.2) is 4.79 Å². The third-order valence-corrected chi connectivity index (χ3v) is 8.11. The van der Waals surface area contributed by atoms with Gasteiger partial charge in [-0.1, -0.05) is 35.9 Å². The number of nitrogens with two attached hydrogens (primary N) is 1. The fourth-order valence-corrected chi connectivity index (χ4v) is 5.51. The number of nitrogens with one attached hydrogen (secondary N) is 1. The van der Waals surface area contributed by atoms with E-state index in [-0.39, 0.29) is 52.4 Å². The Kier molecular flexibility index (Phi) is 12.6. The van der Waals surface area contributed by atoms with Crippen LogP contribution in [0.4, 0.5) is 18.9 Å². The zero-order chi connectivity index (χ0) is 37.5. The van der Waals surface area contributed by atoms with E-state index in [0.717, 1.165) is 12.1 Å². The molecule has 1 heterocycles. The number of allylic oxidation sites excluding steroid dienone is 1. The average molecular weight is 729 g/mol. The van der Waals surface area contributed by atoms with Crippen molar-refractivity contribution >= 4 is 46.8 Å². The summed E-state index contributed by atoms with van der Waals surface area (Å²) in [5, 5.41) is 2.76. The number of hydrogen-bond donors (Lipinski definition) is 2. The molecule has 11 nitrogen and oxygen atoms in total. The molecule has 3 aromatic carbocycles. The molecule has 0 saturated heterocycles. The highest BCUT2D eigenvalue weighted by Gasteiger charge is 2.33. The number of aryl methyl sites for hydroxylation is 1. The van der Waals surface area contributed by atoms with E-state index >= 15 is 0 Å². The maximum Gasteiger partial charge on any atom is 0.416 e. The lowest BCUT2D eigenvalue weighted by molar-refractivity contribution is -0.137. The van der Waals surface area contributed by atoms with Crippen molar-refractivity contribution in [1.29, 1.82) is 0 Å². The topological polar surface area (TPSA) is 150 Å². The average Bonchev–Trinajstić information content (AvgIpc) is 3.08. The lowest BCUT2D eigenvalue weighted by atomic mass is 9.89. The molecule has 0 fully saturated rings. The van der Waals surface area contributed by atoms with Crippen LogP contribution in [0, 0.1) is 5.92 Å². The molecule has 0 bridgehead atoms. The molecule has 4 rings (SSSR count). The first-order valence-electron chi connectivity index (χ1n) is 15.6. The van der Waals surface area contributed by atoms with E-state index in [1.807, 2.05) is 0 Å². The molecule has 0 spiro atoms. The van der Waals surface area contributed by atoms with Gasteiger partial charge in [-0.3, -0.25) is 25.1 Å². The number of anilines is 1. The number of esters is 2. The third kappa shape index (κ3) is 9.73. The predicted octanol–water partition coefficient (Wildman–Crippen LogP) is 6.40. The molecular weight excluding hydrogens is 693 g/mol. The number of ether oxygens (including phenoxy) is 3. The first-order chi connectivity index (χ1) is 24.1. The van der Waals surface area contributed by atoms with Crippen molar-refractivity contribution in [2.24, 2.45) is 16.6 Å². The molecule has 51 heavy (non-hydrogen) atoms. The minimum atomic E-state index is -4.51. The molecule has 1 aliphatic rings. The summed E-state index contributed by atoms with van der Waals surface area (Å²) >= 11 is 6.26. The fourth-order valence-electron chi connectivity index (χ4n) is 5.26. The fraction of sp³-hybridized carbons (Fsp3) is 0.306. The Balaban J connectivity index is 1.46. The first-order valence-corrected chi connectivity index (χ1v) is 16.0. The smallest absolute Gasteiger partial charge is 0.416 e. The van der Waals surface area contributed by atoms with Crippen LogP contribution in [0.25, 0.3) is 0 Å². The molecule has 0 saturated carbocycles. The van der Waals surface area contributed by atoms with Crippen molar-refractivity contribution in [3.05, 3.63) is 99.6 Å². The zero-order valence-corrected chi connectivity index (χ0v) is 28.9. The van der Waals surface area contributed by atoms with Gasteiger partial charge < -0.3 is 24.4 Å². The van der Waals surface area contributed by atoms with Gasteiger partial charge in [-0.05, 0) is 73.4 Å². The minimum Gasteiger partial charge on any atom is -0.493 e. The summed E-state index contributed by atoms with van der Waals surface area (Å²) in [5.41, 5.74) is 6.65. The third-order valence-electron chi connectivity index (χ3n) is 7.83. The predicted molar refractivity (Wildman–Crippen MR) is 184 cm³/mol. The SMILES string of the molecule is COc1cc(C(=O)OCN)cc(Cl)c1OC(=O)CCCc1ccc(NC(=O)[C@H]2C=CC(C)=NC2c2ccc(C(F)(F)F)cc2)c(C(=O)N(C)C)c1. The van der Waals surface area contributed by atoms with Crippen molar-refractivity contribution in [3.63, 3.8) is 0 Å². The summed E-state index contributed by atoms with van der Waals surface area (Å²) in [7, 11) is 4.44. The Bertz CT molecular complexity index is 1860. The molecule has 2 atom stereocenters. The number of benzene rings is 3. The van der Waals surface area contributed by atoms with Crippen LogP contribution in [0.3, 0.4) is 0 Å². The number of amides is 2. The lowest BCUT2D eigenvalue weighted by Crippen LogP contribution is -2.30. The second-order valence-corrected chi connectivity index (χ2v) is 12.1. The van der Waals surface area contributed by atoms with Gasteiger partial charge in [0.05, 0.1) is 46.5 Å². The standard InChI is InChI=1S/C36H36ClF3N4O7/c1-20-8-14-25(31(42-20)22-10-12-24(13-11-22)36(38,39)40)33(46)43-28-15-9-21(16-26(28)34(47)44(2)3)6-5-7-30(45)51-32-27(37)17-23(18-29(32)49-4)35(48)50-19-41/h8-18,25,31H,5-7,19,41H2,1-4H3,(H,43,46)/t25-,31?/m0/s1. The lowest BCUT2D eigenvalue weighted by Gasteiger charge is -2.25. The van der Waals surface area contributed by atoms with E-state index in [1.54, 1.807) is 51.4 Å². The first kappa shape index (κ1) is 38.6. The Labute approximate surface area is 297 Å². The molecular formula is C36H36ClF3N4O7. The highest BCUT2D eigenvalue weighted by atomic mass is 35.5. The van der Waals surface area contributed by atoms with Crippen LogP contribution in [-0.4, -0.2) is 62.3 Å². The number of carbonyl (C=O) groups excluding carboxylic acids is 4. The van der Waals surface area contributed by atoms with Gasteiger partial charge in [0.1, 0.15) is 6.73 Å². The van der Waals surface area contributed by atoms with E-state index in [4.69, 9.17) is 31.5 Å². The summed E-state index contributed by atoms with van der Waals surface area (Å²) in [6.45, 7) is 1.39. The molecule has 1 unspecified atom stereocenters. The number of methoxy groups -OCH3 is 1. The van der Waals surface area contributed by atoms with Gasteiger partial charge in [0.25, 0.3) is 5.91 Å². The number of halogens is 4. The van der Waals surface area contributed by atoms with Crippen molar-refractivity contribution in [3.8, 4) is 11.5 Å². The van der Waals surface area contributed by atoms with Crippen LogP contribution >= 0.6 is 11.6 Å². The Morgan fingerprint density at radius 3 is 2.37 bits per heavy atom. The molecule has 3 N–H and O–H groups in total. The van der Waals surface area contributed by atoms with Crippen molar-refractivity contribution in [2.75, 3.05) is 33.3 Å². The van der Waals surface area contributed by atoms with Crippen LogP contribution in [0.1, 0.15) is 63.2 Å². The molecule has 2 amide bonds. The van der Waals surface area contributed by atoms with Crippen LogP contribution < -0.4 is 20.5 Å². The molecule has 270 valence electrons. The van der Waals surface area contributed by atoms with Gasteiger partial charge in [0.15, 0.2) is 11.5 Å². The summed E-state index contributed by atoms with van der Waals surface area (Å²) in [5.74, 6) is -3.15. The number of carbonyl (C=O) groups is 4. The molecule has 15 heteroatoms. The van der Waals surface area contributed by atoms with Crippen LogP contribution in [0.15, 0.2) is 71.7 Å². The van der Waals surface area contributed by atoms with Crippen LogP contribution in [-0.2, 0) is 26.9 Å². The Morgan fingerprint density at radius 2 is 1.75 bits per heavy atom. The van der Waals surface area contributed by atoms with Crippen LogP contribution in [0.5, 0.6) is 11.5 Å². The normalized spacial score (nSPS) is 15.4. The highest BCUT2D eigenvalue weighted by Crippen LogP contribution is 2.38. The Hall–Kier alpha value is -5.21. The molecule has 1 aliphatic heterocycles. The Morgan fingerprint density at radius 1 is 1.04 bits per heavy atom. The molecule has 0 radical (unpaired) electrons. The number of dihydropyridines is 1. The molecule has 3 aromatic rings. The van der Waals surface area contributed by atoms with E-state index in [0.29, 0.717) is 29.7 Å². The minimum absolute atomic E-state index is 0.0365. The largest absolute Gasteiger partial charge is 0.493 e. The zero-order valence-electron chi connectivity index (χ0n) is 28.2. The van der Waals surface area contributed by atoms with E-state index in [9.17, 15) is 32.3 Å². The van der Waals surface area contributed by atoms with Crippen molar-refractivity contribution < 1.29 is 46.6 Å². The van der Waals surface area contributed by atoms with E-state index < -0.39 is 41.5 Å². The van der Waals surface area contributed by atoms with Gasteiger partial charge in [0, 0.05) is 26.2 Å². The van der Waals surface area contributed by atoms with Crippen molar-refractivity contribution in [1.82, 2.24) is 4.90 Å². The number of hydrogen-bond acceptors (Lipinski definition) is 9. The quantitative estimate of drug-likeness (QED) is 0.124. The maximum atomic E-state index is 13.6. The summed E-state index contributed by atoms with van der Waals surface area (Å²) in [4.78, 5) is 57.5. The van der Waals surface area contributed by atoms with Gasteiger partial charge in [-0.15, -0.1) is 0 Å². The van der Waals surface area contributed by atoms with Crippen molar-refractivity contribution in [2.45, 2.75) is 38.4 Å². The molecule has 0 aliphatic carbocycles. The number of alkyl halides is 3. The summed E-state index contributed by atoms with van der Waals surface area (Å²) < 4.78 is 54.9. The molecule has 0 aromatic heterocycles. The monoisotopic (exact) mass is 728 g/mol. The number of aliphatic imine (C=N–C) groups is 1. The number of nitrogens with zero attached hydrogens (tertiary/aromatic N) is 2. The van der Waals surface area contributed by atoms with Gasteiger partial charge >= 0.3 is 18.1 Å². The maximum absolute atomic E-state index is 13.6. The van der Waals surface area contributed by atoms with E-state index in [2.05, 4.69) is 10.3 Å². The number of rotatable bonds is 12. The summed E-state index contributed by atoms with van der Waals surface area (Å²) in [6, 6.07) is 11.2. The van der Waals surface area contributed by atoms with Gasteiger partial charge in [0.2, 0.25) is 5.91 Å². The van der Waals surface area contributed by atoms with Crippen LogP contribution in [0.2, 0.25) is 5.02 Å². The second kappa shape index (κ2) is 16.7. The van der Waals surface area contributed by atoms with Gasteiger partial charge in [-0.2, -0.15) is 13.2 Å². The second-order valence-electron chi connectivity index (χ2n) is 11.7. The highest BCUT2D eigenvalue weighted by molar-refractivity contribution is 6.32.